The van der Waals surface area contributed by atoms with E-state index in [2.05, 4.69) is 5.32 Å². The molecule has 2 aliphatic rings. The minimum Gasteiger partial charge on any atom is -0.491 e. The van der Waals surface area contributed by atoms with Crippen LogP contribution in [0.3, 0.4) is 0 Å². The number of fused-ring (bicyclic) bond motifs is 1. The van der Waals surface area contributed by atoms with E-state index in [1.807, 2.05) is 6.92 Å². The van der Waals surface area contributed by atoms with Gasteiger partial charge in [0.2, 0.25) is 12.7 Å². The topological polar surface area (TPSA) is 77.0 Å². The van der Waals surface area contributed by atoms with Crippen LogP contribution >= 0.6 is 0 Å². The van der Waals surface area contributed by atoms with Crippen LogP contribution in [-0.2, 0) is 4.79 Å². The summed E-state index contributed by atoms with van der Waals surface area (Å²) >= 11 is 0. The van der Waals surface area contributed by atoms with E-state index in [4.69, 9.17) is 14.2 Å². The van der Waals surface area contributed by atoms with E-state index in [9.17, 15) is 9.90 Å². The SMILES string of the molecule is C[C@@H]1C[C@@H]1C(=O)NC[C@H](O)COc1ccc2c(c1)OCO2. The highest BCUT2D eigenvalue weighted by molar-refractivity contribution is 5.81. The van der Waals surface area contributed by atoms with Gasteiger partial charge in [0, 0.05) is 18.5 Å². The van der Waals surface area contributed by atoms with E-state index in [0.29, 0.717) is 23.2 Å². The highest BCUT2D eigenvalue weighted by atomic mass is 16.7. The molecule has 0 bridgehead atoms. The number of benzene rings is 1. The van der Waals surface area contributed by atoms with Gasteiger partial charge in [0.05, 0.1) is 0 Å². The number of ether oxygens (including phenoxy) is 3. The van der Waals surface area contributed by atoms with Gasteiger partial charge in [0.25, 0.3) is 0 Å². The summed E-state index contributed by atoms with van der Waals surface area (Å²) in [7, 11) is 0. The van der Waals surface area contributed by atoms with Crippen molar-refractivity contribution < 1.29 is 24.1 Å². The Labute approximate surface area is 123 Å². The normalized spacial score (nSPS) is 23.5. The number of rotatable bonds is 6. The molecule has 3 rings (SSSR count). The Morgan fingerprint density at radius 2 is 2.24 bits per heavy atom. The molecule has 0 unspecified atom stereocenters. The van der Waals surface area contributed by atoms with Crippen molar-refractivity contribution in [2.75, 3.05) is 19.9 Å². The van der Waals surface area contributed by atoms with Gasteiger partial charge in [-0.05, 0) is 24.5 Å². The summed E-state index contributed by atoms with van der Waals surface area (Å²) < 4.78 is 15.9. The van der Waals surface area contributed by atoms with Gasteiger partial charge in [-0.25, -0.2) is 0 Å². The summed E-state index contributed by atoms with van der Waals surface area (Å²) in [6, 6.07) is 5.24. The molecule has 1 aromatic carbocycles. The molecule has 0 aromatic heterocycles. The summed E-state index contributed by atoms with van der Waals surface area (Å²) in [5.74, 6) is 2.52. The first-order valence-corrected chi connectivity index (χ1v) is 7.11. The molecule has 1 aliphatic carbocycles. The van der Waals surface area contributed by atoms with Crippen LogP contribution in [0.5, 0.6) is 17.2 Å². The summed E-state index contributed by atoms with van der Waals surface area (Å²) in [5, 5.41) is 12.6. The van der Waals surface area contributed by atoms with Gasteiger partial charge in [0.15, 0.2) is 11.5 Å². The zero-order valence-electron chi connectivity index (χ0n) is 11.9. The van der Waals surface area contributed by atoms with Crippen LogP contribution in [0.4, 0.5) is 0 Å². The molecule has 0 spiro atoms. The molecule has 1 aromatic rings. The average molecular weight is 293 g/mol. The van der Waals surface area contributed by atoms with E-state index in [1.165, 1.54) is 0 Å². The second-order valence-corrected chi connectivity index (χ2v) is 5.54. The number of carbonyl (C=O) groups excluding carboxylic acids is 1. The maximum Gasteiger partial charge on any atom is 0.231 e. The first-order valence-electron chi connectivity index (χ1n) is 7.11. The van der Waals surface area contributed by atoms with Gasteiger partial charge in [0.1, 0.15) is 18.5 Å². The fourth-order valence-electron chi connectivity index (χ4n) is 2.25. The van der Waals surface area contributed by atoms with Crippen LogP contribution < -0.4 is 19.5 Å². The lowest BCUT2D eigenvalue weighted by Crippen LogP contribution is -2.36. The zero-order valence-corrected chi connectivity index (χ0v) is 11.9. The first-order chi connectivity index (χ1) is 10.1. The third kappa shape index (κ3) is 3.39. The van der Waals surface area contributed by atoms with Crippen molar-refractivity contribution in [2.24, 2.45) is 11.8 Å². The fraction of sp³-hybridized carbons (Fsp3) is 0.533. The molecule has 3 atom stereocenters. The summed E-state index contributed by atoms with van der Waals surface area (Å²) in [6.07, 6.45) is 0.198. The lowest BCUT2D eigenvalue weighted by atomic mass is 10.3. The van der Waals surface area contributed by atoms with Crippen LogP contribution in [0, 0.1) is 11.8 Å². The molecule has 1 aliphatic heterocycles. The van der Waals surface area contributed by atoms with Crippen LogP contribution in [0.2, 0.25) is 0 Å². The third-order valence-corrected chi connectivity index (χ3v) is 3.74. The van der Waals surface area contributed by atoms with Gasteiger partial charge < -0.3 is 24.6 Å². The van der Waals surface area contributed by atoms with Crippen molar-refractivity contribution in [2.45, 2.75) is 19.4 Å². The lowest BCUT2D eigenvalue weighted by Gasteiger charge is -2.13. The van der Waals surface area contributed by atoms with E-state index in [-0.39, 0.29) is 31.8 Å². The van der Waals surface area contributed by atoms with Gasteiger partial charge in [-0.1, -0.05) is 6.92 Å². The molecule has 1 heterocycles. The van der Waals surface area contributed by atoms with E-state index in [0.717, 1.165) is 6.42 Å². The quantitative estimate of drug-likeness (QED) is 0.816. The largest absolute Gasteiger partial charge is 0.491 e. The number of aliphatic hydroxyl groups is 1. The van der Waals surface area contributed by atoms with E-state index in [1.54, 1.807) is 18.2 Å². The van der Waals surface area contributed by atoms with Crippen molar-refractivity contribution >= 4 is 5.91 Å². The highest BCUT2D eigenvalue weighted by Gasteiger charge is 2.38. The Kier molecular flexibility index (Phi) is 3.88. The predicted molar refractivity (Wildman–Crippen MR) is 74.3 cm³/mol. The number of carbonyl (C=O) groups is 1. The molecule has 0 radical (unpaired) electrons. The second kappa shape index (κ2) is 5.81. The average Bonchev–Trinajstić information content (AvgIpc) is 3.03. The van der Waals surface area contributed by atoms with Crippen LogP contribution in [-0.4, -0.2) is 37.1 Å². The van der Waals surface area contributed by atoms with Gasteiger partial charge in [-0.15, -0.1) is 0 Å². The lowest BCUT2D eigenvalue weighted by molar-refractivity contribution is -0.123. The fourth-order valence-corrected chi connectivity index (χ4v) is 2.25. The van der Waals surface area contributed by atoms with Crippen molar-refractivity contribution in [1.82, 2.24) is 5.32 Å². The third-order valence-electron chi connectivity index (χ3n) is 3.74. The number of aliphatic hydroxyl groups excluding tert-OH is 1. The van der Waals surface area contributed by atoms with Crippen LogP contribution in [0.25, 0.3) is 0 Å². The molecule has 0 saturated heterocycles. The van der Waals surface area contributed by atoms with Gasteiger partial charge in [-0.2, -0.15) is 0 Å². The number of nitrogens with one attached hydrogen (secondary N) is 1. The van der Waals surface area contributed by atoms with Crippen LogP contribution in [0.15, 0.2) is 18.2 Å². The van der Waals surface area contributed by atoms with Crippen molar-refractivity contribution in [3.8, 4) is 17.2 Å². The number of amides is 1. The summed E-state index contributed by atoms with van der Waals surface area (Å²) in [6.45, 7) is 2.57. The van der Waals surface area contributed by atoms with Gasteiger partial charge >= 0.3 is 0 Å². The summed E-state index contributed by atoms with van der Waals surface area (Å²) in [5.41, 5.74) is 0. The standard InChI is InChI=1S/C15H19NO5/c1-9-4-12(9)15(18)16-6-10(17)7-19-11-2-3-13-14(5-11)21-8-20-13/h2-3,5,9-10,12,17H,4,6-8H2,1H3,(H,16,18)/t9-,10+,12+/m1/s1. The Morgan fingerprint density at radius 1 is 1.48 bits per heavy atom. The predicted octanol–water partition coefficient (Wildman–Crippen LogP) is 0.927. The smallest absolute Gasteiger partial charge is 0.231 e. The molecule has 6 nitrogen and oxygen atoms in total. The minimum absolute atomic E-state index is 0.0182. The Bertz CT molecular complexity index is 533. The highest BCUT2D eigenvalue weighted by Crippen LogP contribution is 2.37. The first kappa shape index (κ1) is 14.0. The van der Waals surface area contributed by atoms with E-state index >= 15 is 0 Å². The Balaban J connectivity index is 1.41. The molecular formula is C15H19NO5. The van der Waals surface area contributed by atoms with E-state index < -0.39 is 6.10 Å². The Hall–Kier alpha value is -1.95. The van der Waals surface area contributed by atoms with Crippen molar-refractivity contribution in [1.29, 1.82) is 0 Å². The van der Waals surface area contributed by atoms with Gasteiger partial charge in [-0.3, -0.25) is 4.79 Å². The second-order valence-electron chi connectivity index (χ2n) is 5.54. The maximum atomic E-state index is 11.6. The maximum absolute atomic E-state index is 11.6. The van der Waals surface area contributed by atoms with Crippen molar-refractivity contribution in [3.05, 3.63) is 18.2 Å². The number of hydrogen-bond acceptors (Lipinski definition) is 5. The molecule has 1 fully saturated rings. The van der Waals surface area contributed by atoms with Crippen molar-refractivity contribution in [3.63, 3.8) is 0 Å². The van der Waals surface area contributed by atoms with Crippen LogP contribution in [0.1, 0.15) is 13.3 Å². The Morgan fingerprint density at radius 3 is 3.00 bits per heavy atom. The molecular weight excluding hydrogens is 274 g/mol. The molecule has 21 heavy (non-hydrogen) atoms. The summed E-state index contributed by atoms with van der Waals surface area (Å²) in [4.78, 5) is 11.6. The molecule has 2 N–H and O–H groups in total. The number of hydrogen-bond donors (Lipinski definition) is 2. The molecule has 6 heteroatoms. The molecule has 1 saturated carbocycles. The molecule has 114 valence electrons. The molecule has 1 amide bonds. The monoisotopic (exact) mass is 293 g/mol. The minimum atomic E-state index is -0.742. The zero-order chi connectivity index (χ0) is 14.8.